The van der Waals surface area contributed by atoms with Crippen molar-refractivity contribution in [3.63, 3.8) is 0 Å². The van der Waals surface area contributed by atoms with Crippen LogP contribution in [0.5, 0.6) is 0 Å². The SMILES string of the molecule is Cc1c(-c2cc3ccccc3s2)n(-c2ncccn2)c2ccccc12. The summed E-state index contributed by atoms with van der Waals surface area (Å²) >= 11 is 1.81. The quantitative estimate of drug-likeness (QED) is 0.418. The van der Waals surface area contributed by atoms with Crippen LogP contribution in [0.3, 0.4) is 0 Å². The van der Waals surface area contributed by atoms with E-state index >= 15 is 0 Å². The lowest BCUT2D eigenvalue weighted by molar-refractivity contribution is 0.967. The zero-order valence-corrected chi connectivity index (χ0v) is 14.5. The maximum absolute atomic E-state index is 4.51. The Balaban J connectivity index is 1.90. The molecule has 4 heteroatoms. The summed E-state index contributed by atoms with van der Waals surface area (Å²) < 4.78 is 3.47. The first-order chi connectivity index (χ1) is 12.3. The molecule has 5 aromatic rings. The number of fused-ring (bicyclic) bond motifs is 2. The van der Waals surface area contributed by atoms with Crippen LogP contribution in [0.4, 0.5) is 0 Å². The van der Waals surface area contributed by atoms with E-state index in [1.807, 2.05) is 17.4 Å². The van der Waals surface area contributed by atoms with Gasteiger partial charge in [0, 0.05) is 22.5 Å². The Morgan fingerprint density at radius 1 is 0.880 bits per heavy atom. The number of hydrogen-bond acceptors (Lipinski definition) is 3. The number of hydrogen-bond donors (Lipinski definition) is 0. The Hall–Kier alpha value is -2.98. The van der Waals surface area contributed by atoms with Gasteiger partial charge >= 0.3 is 0 Å². The predicted molar refractivity (Wildman–Crippen MR) is 104 cm³/mol. The maximum Gasteiger partial charge on any atom is 0.234 e. The summed E-state index contributed by atoms with van der Waals surface area (Å²) in [5.74, 6) is 0.708. The fraction of sp³-hybridized carbons (Fsp3) is 0.0476. The highest BCUT2D eigenvalue weighted by atomic mass is 32.1. The largest absolute Gasteiger partial charge is 0.277 e. The second kappa shape index (κ2) is 5.53. The number of nitrogens with zero attached hydrogens (tertiary/aromatic N) is 3. The van der Waals surface area contributed by atoms with Crippen molar-refractivity contribution in [1.29, 1.82) is 0 Å². The molecule has 25 heavy (non-hydrogen) atoms. The Bertz CT molecular complexity index is 1170. The van der Waals surface area contributed by atoms with Crippen LogP contribution in [0.25, 0.3) is 37.5 Å². The number of aryl methyl sites for hydroxylation is 1. The number of rotatable bonds is 2. The first-order valence-corrected chi connectivity index (χ1v) is 9.01. The second-order valence-corrected chi connectivity index (χ2v) is 7.11. The smallest absolute Gasteiger partial charge is 0.234 e. The molecule has 0 radical (unpaired) electrons. The van der Waals surface area contributed by atoms with Crippen molar-refractivity contribution in [2.75, 3.05) is 0 Å². The molecule has 0 fully saturated rings. The zero-order valence-electron chi connectivity index (χ0n) is 13.7. The minimum Gasteiger partial charge on any atom is -0.277 e. The lowest BCUT2D eigenvalue weighted by Crippen LogP contribution is -2.01. The van der Waals surface area contributed by atoms with Gasteiger partial charge in [0.1, 0.15) is 0 Å². The summed E-state index contributed by atoms with van der Waals surface area (Å²) in [6, 6.07) is 21.1. The van der Waals surface area contributed by atoms with Crippen molar-refractivity contribution in [3.8, 4) is 16.5 Å². The number of aromatic nitrogens is 3. The third-order valence-electron chi connectivity index (χ3n) is 4.54. The Morgan fingerprint density at radius 3 is 2.48 bits per heavy atom. The topological polar surface area (TPSA) is 30.7 Å². The molecule has 3 nitrogen and oxygen atoms in total. The van der Waals surface area contributed by atoms with E-state index in [1.54, 1.807) is 12.4 Å². The molecule has 0 bridgehead atoms. The van der Waals surface area contributed by atoms with E-state index in [-0.39, 0.29) is 0 Å². The molecular formula is C21H15N3S. The van der Waals surface area contributed by atoms with Crippen LogP contribution in [0.2, 0.25) is 0 Å². The molecular weight excluding hydrogens is 326 g/mol. The van der Waals surface area contributed by atoms with Crippen LogP contribution in [-0.2, 0) is 0 Å². The first-order valence-electron chi connectivity index (χ1n) is 8.19. The van der Waals surface area contributed by atoms with Gasteiger partial charge in [0.15, 0.2) is 0 Å². The van der Waals surface area contributed by atoms with Crippen molar-refractivity contribution in [2.24, 2.45) is 0 Å². The van der Waals surface area contributed by atoms with Gasteiger partial charge in [-0.3, -0.25) is 4.57 Å². The fourth-order valence-corrected chi connectivity index (χ4v) is 4.56. The second-order valence-electron chi connectivity index (χ2n) is 6.02. The normalized spacial score (nSPS) is 11.4. The highest BCUT2D eigenvalue weighted by Crippen LogP contribution is 2.40. The molecule has 0 atom stereocenters. The van der Waals surface area contributed by atoms with Crippen LogP contribution < -0.4 is 0 Å². The van der Waals surface area contributed by atoms with E-state index in [0.717, 1.165) is 5.52 Å². The molecule has 0 unspecified atom stereocenters. The highest BCUT2D eigenvalue weighted by molar-refractivity contribution is 7.22. The van der Waals surface area contributed by atoms with Crippen LogP contribution in [0, 0.1) is 6.92 Å². The van der Waals surface area contributed by atoms with Gasteiger partial charge in [-0.1, -0.05) is 36.4 Å². The minimum atomic E-state index is 0.708. The van der Waals surface area contributed by atoms with Crippen LogP contribution in [-0.4, -0.2) is 14.5 Å². The zero-order chi connectivity index (χ0) is 16.8. The molecule has 0 spiro atoms. The molecule has 120 valence electrons. The molecule has 0 aliphatic rings. The van der Waals surface area contributed by atoms with E-state index in [2.05, 4.69) is 76.1 Å². The van der Waals surface area contributed by atoms with Gasteiger partial charge in [-0.2, -0.15) is 0 Å². The van der Waals surface area contributed by atoms with Crippen molar-refractivity contribution in [2.45, 2.75) is 6.92 Å². The van der Waals surface area contributed by atoms with E-state index < -0.39 is 0 Å². The molecule has 3 aromatic heterocycles. The number of thiophene rings is 1. The Labute approximate surface area is 149 Å². The maximum atomic E-state index is 4.51. The van der Waals surface area contributed by atoms with E-state index in [4.69, 9.17) is 0 Å². The van der Waals surface area contributed by atoms with Crippen molar-refractivity contribution >= 4 is 32.3 Å². The molecule has 0 saturated heterocycles. The van der Waals surface area contributed by atoms with Crippen LogP contribution >= 0.6 is 11.3 Å². The number of para-hydroxylation sites is 1. The molecule has 0 aliphatic heterocycles. The summed E-state index contributed by atoms with van der Waals surface area (Å²) in [7, 11) is 0. The monoisotopic (exact) mass is 341 g/mol. The van der Waals surface area contributed by atoms with Gasteiger partial charge in [0.2, 0.25) is 5.95 Å². The third-order valence-corrected chi connectivity index (χ3v) is 5.66. The molecule has 0 N–H and O–H groups in total. The summed E-state index contributed by atoms with van der Waals surface area (Å²) in [4.78, 5) is 10.3. The summed E-state index contributed by atoms with van der Waals surface area (Å²) in [6.45, 7) is 2.18. The lowest BCUT2D eigenvalue weighted by atomic mass is 10.1. The van der Waals surface area contributed by atoms with E-state index in [1.165, 1.54) is 31.6 Å². The highest BCUT2D eigenvalue weighted by Gasteiger charge is 2.19. The van der Waals surface area contributed by atoms with Gasteiger partial charge in [0.05, 0.1) is 16.1 Å². The molecule has 0 amide bonds. The van der Waals surface area contributed by atoms with Gasteiger partial charge in [-0.15, -0.1) is 11.3 Å². The average molecular weight is 341 g/mol. The first kappa shape index (κ1) is 14.4. The van der Waals surface area contributed by atoms with Crippen molar-refractivity contribution < 1.29 is 0 Å². The van der Waals surface area contributed by atoms with Gasteiger partial charge < -0.3 is 0 Å². The van der Waals surface area contributed by atoms with E-state index in [0.29, 0.717) is 5.95 Å². The molecule has 2 aromatic carbocycles. The van der Waals surface area contributed by atoms with Gasteiger partial charge in [-0.25, -0.2) is 9.97 Å². The van der Waals surface area contributed by atoms with Crippen molar-refractivity contribution in [3.05, 3.63) is 78.6 Å². The standard InChI is InChI=1S/C21H15N3S/c1-14-16-8-3-4-9-17(16)24(21-22-11-6-12-23-21)20(14)19-13-15-7-2-5-10-18(15)25-19/h2-13H,1H3. The molecule has 0 aliphatic carbocycles. The fourth-order valence-electron chi connectivity index (χ4n) is 3.41. The molecule has 3 heterocycles. The van der Waals surface area contributed by atoms with E-state index in [9.17, 15) is 0 Å². The van der Waals surface area contributed by atoms with Gasteiger partial charge in [0.25, 0.3) is 0 Å². The Kier molecular flexibility index (Phi) is 3.18. The molecule has 5 rings (SSSR count). The third kappa shape index (κ3) is 2.18. The lowest BCUT2D eigenvalue weighted by Gasteiger charge is -2.08. The average Bonchev–Trinajstić information content (AvgIpc) is 3.21. The summed E-state index contributed by atoms with van der Waals surface area (Å²) in [6.07, 6.45) is 3.59. The van der Waals surface area contributed by atoms with Crippen LogP contribution in [0.1, 0.15) is 5.56 Å². The van der Waals surface area contributed by atoms with Gasteiger partial charge in [-0.05, 0) is 42.1 Å². The predicted octanol–water partition coefficient (Wildman–Crippen LogP) is 5.61. The summed E-state index contributed by atoms with van der Waals surface area (Å²) in [5.41, 5.74) is 3.57. The van der Waals surface area contributed by atoms with Crippen molar-refractivity contribution in [1.82, 2.24) is 14.5 Å². The minimum absolute atomic E-state index is 0.708. The summed E-state index contributed by atoms with van der Waals surface area (Å²) in [5, 5.41) is 2.51. The van der Waals surface area contributed by atoms with Crippen LogP contribution in [0.15, 0.2) is 73.1 Å². The molecule has 0 saturated carbocycles. The number of benzene rings is 2. The Morgan fingerprint density at radius 2 is 1.64 bits per heavy atom.